The van der Waals surface area contributed by atoms with Crippen molar-refractivity contribution in [3.05, 3.63) is 18.1 Å². The van der Waals surface area contributed by atoms with E-state index in [2.05, 4.69) is 15.9 Å². The summed E-state index contributed by atoms with van der Waals surface area (Å²) >= 11 is 0. The van der Waals surface area contributed by atoms with Gasteiger partial charge in [-0.05, 0) is 13.8 Å². The van der Waals surface area contributed by atoms with Crippen LogP contribution < -0.4 is 4.74 Å². The molecule has 3 nitrogen and oxygen atoms in total. The Kier molecular flexibility index (Phi) is 2.65. The van der Waals surface area contributed by atoms with E-state index in [1.54, 1.807) is 19.3 Å². The average Bonchev–Trinajstić information content (AvgIpc) is 2.09. The van der Waals surface area contributed by atoms with Crippen LogP contribution >= 0.6 is 0 Å². The third-order valence-corrected chi connectivity index (χ3v) is 1.29. The standard InChI is InChI=1S/C9H10N2O/c1-4-8(3)12-9-6-10-7(2)5-11-9/h1,5-6,8H,2-3H3/t8-/m0/s1. The quantitative estimate of drug-likeness (QED) is 0.612. The van der Waals surface area contributed by atoms with Crippen molar-refractivity contribution in [2.75, 3.05) is 0 Å². The molecule has 0 saturated carbocycles. The lowest BCUT2D eigenvalue weighted by molar-refractivity contribution is 0.266. The zero-order valence-electron chi connectivity index (χ0n) is 7.11. The molecular formula is C9H10N2O. The van der Waals surface area contributed by atoms with E-state index in [0.29, 0.717) is 5.88 Å². The van der Waals surface area contributed by atoms with Gasteiger partial charge in [-0.3, -0.25) is 4.98 Å². The highest BCUT2D eigenvalue weighted by Crippen LogP contribution is 2.05. The second kappa shape index (κ2) is 3.72. The van der Waals surface area contributed by atoms with E-state index in [9.17, 15) is 0 Å². The molecule has 0 N–H and O–H groups in total. The topological polar surface area (TPSA) is 35.0 Å². The monoisotopic (exact) mass is 162 g/mol. The largest absolute Gasteiger partial charge is 0.460 e. The van der Waals surface area contributed by atoms with Crippen molar-refractivity contribution in [3.63, 3.8) is 0 Å². The van der Waals surface area contributed by atoms with E-state index < -0.39 is 0 Å². The first-order chi connectivity index (χ1) is 5.72. The molecule has 3 heteroatoms. The van der Waals surface area contributed by atoms with Crippen LogP contribution in [0.2, 0.25) is 0 Å². The van der Waals surface area contributed by atoms with Crippen molar-refractivity contribution in [2.45, 2.75) is 20.0 Å². The van der Waals surface area contributed by atoms with Gasteiger partial charge in [0.15, 0.2) is 6.10 Å². The SMILES string of the molecule is C#C[C@H](C)Oc1cnc(C)cn1. The van der Waals surface area contributed by atoms with E-state index in [1.165, 1.54) is 0 Å². The van der Waals surface area contributed by atoms with Crippen LogP contribution in [0.4, 0.5) is 0 Å². The van der Waals surface area contributed by atoms with Crippen molar-refractivity contribution < 1.29 is 4.74 Å². The van der Waals surface area contributed by atoms with E-state index >= 15 is 0 Å². The molecule has 0 spiro atoms. The summed E-state index contributed by atoms with van der Waals surface area (Å²) in [5, 5.41) is 0. The van der Waals surface area contributed by atoms with Gasteiger partial charge in [0, 0.05) is 0 Å². The Morgan fingerprint density at radius 1 is 1.50 bits per heavy atom. The molecule has 62 valence electrons. The predicted octanol–water partition coefficient (Wildman–Crippen LogP) is 1.19. The van der Waals surface area contributed by atoms with Crippen LogP contribution in [0.25, 0.3) is 0 Å². The first-order valence-electron chi connectivity index (χ1n) is 3.64. The maximum absolute atomic E-state index is 5.21. The number of aryl methyl sites for hydroxylation is 1. The molecule has 0 unspecified atom stereocenters. The van der Waals surface area contributed by atoms with Gasteiger partial charge in [0.1, 0.15) is 0 Å². The molecule has 0 aliphatic carbocycles. The van der Waals surface area contributed by atoms with Crippen LogP contribution in [0.15, 0.2) is 12.4 Å². The minimum absolute atomic E-state index is 0.262. The fraction of sp³-hybridized carbons (Fsp3) is 0.333. The highest BCUT2D eigenvalue weighted by Gasteiger charge is 1.99. The van der Waals surface area contributed by atoms with Crippen LogP contribution in [0.1, 0.15) is 12.6 Å². The molecule has 0 aliphatic heterocycles. The Hall–Kier alpha value is -1.56. The lowest BCUT2D eigenvalue weighted by Crippen LogP contribution is -2.09. The maximum atomic E-state index is 5.21. The maximum Gasteiger partial charge on any atom is 0.233 e. The Morgan fingerprint density at radius 2 is 2.25 bits per heavy atom. The molecule has 0 bridgehead atoms. The highest BCUT2D eigenvalue weighted by atomic mass is 16.5. The number of ether oxygens (including phenoxy) is 1. The fourth-order valence-electron chi connectivity index (χ4n) is 0.657. The summed E-state index contributed by atoms with van der Waals surface area (Å²) in [6, 6.07) is 0. The Balaban J connectivity index is 2.66. The number of nitrogens with zero attached hydrogens (tertiary/aromatic N) is 2. The van der Waals surface area contributed by atoms with E-state index in [-0.39, 0.29) is 6.10 Å². The van der Waals surface area contributed by atoms with Gasteiger partial charge in [0.2, 0.25) is 5.88 Å². The average molecular weight is 162 g/mol. The molecule has 0 amide bonds. The third-order valence-electron chi connectivity index (χ3n) is 1.29. The second-order valence-corrected chi connectivity index (χ2v) is 2.42. The normalized spacial score (nSPS) is 11.8. The second-order valence-electron chi connectivity index (χ2n) is 2.42. The van der Waals surface area contributed by atoms with Crippen molar-refractivity contribution in [3.8, 4) is 18.2 Å². The molecule has 12 heavy (non-hydrogen) atoms. The van der Waals surface area contributed by atoms with Gasteiger partial charge in [-0.1, -0.05) is 5.92 Å². The van der Waals surface area contributed by atoms with Crippen LogP contribution in [0.5, 0.6) is 5.88 Å². The molecule has 0 saturated heterocycles. The molecule has 1 atom stereocenters. The molecule has 1 aromatic heterocycles. The summed E-state index contributed by atoms with van der Waals surface area (Å²) in [6.45, 7) is 3.64. The smallest absolute Gasteiger partial charge is 0.233 e. The van der Waals surface area contributed by atoms with Gasteiger partial charge in [0.05, 0.1) is 18.1 Å². The number of rotatable bonds is 2. The predicted molar refractivity (Wildman–Crippen MR) is 45.7 cm³/mol. The third kappa shape index (κ3) is 2.24. The van der Waals surface area contributed by atoms with E-state index in [0.717, 1.165) is 5.69 Å². The zero-order valence-corrected chi connectivity index (χ0v) is 7.11. The summed E-state index contributed by atoms with van der Waals surface area (Å²) in [7, 11) is 0. The number of terminal acetylenes is 1. The first-order valence-corrected chi connectivity index (χ1v) is 3.64. The van der Waals surface area contributed by atoms with Crippen LogP contribution in [-0.2, 0) is 0 Å². The van der Waals surface area contributed by atoms with Crippen molar-refractivity contribution in [2.24, 2.45) is 0 Å². The van der Waals surface area contributed by atoms with Gasteiger partial charge in [0.25, 0.3) is 0 Å². The van der Waals surface area contributed by atoms with E-state index in [1.807, 2.05) is 6.92 Å². The summed E-state index contributed by atoms with van der Waals surface area (Å²) < 4.78 is 5.21. The molecule has 0 aliphatic rings. The summed E-state index contributed by atoms with van der Waals surface area (Å²) in [5.41, 5.74) is 0.857. The zero-order chi connectivity index (χ0) is 8.97. The highest BCUT2D eigenvalue weighted by molar-refractivity contribution is 5.08. The van der Waals surface area contributed by atoms with Gasteiger partial charge < -0.3 is 4.74 Å². The van der Waals surface area contributed by atoms with Crippen LogP contribution in [0, 0.1) is 19.3 Å². The number of hydrogen-bond donors (Lipinski definition) is 0. The van der Waals surface area contributed by atoms with Gasteiger partial charge >= 0.3 is 0 Å². The van der Waals surface area contributed by atoms with Gasteiger partial charge in [-0.15, -0.1) is 6.42 Å². The van der Waals surface area contributed by atoms with Gasteiger partial charge in [-0.25, -0.2) is 4.98 Å². The first kappa shape index (κ1) is 8.54. The lowest BCUT2D eigenvalue weighted by Gasteiger charge is -2.06. The Morgan fingerprint density at radius 3 is 2.75 bits per heavy atom. The molecular weight excluding hydrogens is 152 g/mol. The lowest BCUT2D eigenvalue weighted by atomic mass is 10.4. The Labute approximate surface area is 71.8 Å². The van der Waals surface area contributed by atoms with E-state index in [4.69, 9.17) is 11.2 Å². The summed E-state index contributed by atoms with van der Waals surface area (Å²) in [5.74, 6) is 2.90. The summed E-state index contributed by atoms with van der Waals surface area (Å²) in [6.07, 6.45) is 8.06. The molecule has 0 fully saturated rings. The summed E-state index contributed by atoms with van der Waals surface area (Å²) in [4.78, 5) is 8.00. The molecule has 0 radical (unpaired) electrons. The van der Waals surface area contributed by atoms with Crippen molar-refractivity contribution in [1.29, 1.82) is 0 Å². The molecule has 1 aromatic rings. The molecule has 1 heterocycles. The van der Waals surface area contributed by atoms with Gasteiger partial charge in [-0.2, -0.15) is 0 Å². The van der Waals surface area contributed by atoms with Crippen LogP contribution in [-0.4, -0.2) is 16.1 Å². The minimum atomic E-state index is -0.262. The van der Waals surface area contributed by atoms with Crippen molar-refractivity contribution in [1.82, 2.24) is 9.97 Å². The molecule has 0 aromatic carbocycles. The fourth-order valence-corrected chi connectivity index (χ4v) is 0.657. The molecule has 1 rings (SSSR count). The number of aromatic nitrogens is 2. The Bertz CT molecular complexity index is 286. The minimum Gasteiger partial charge on any atom is -0.460 e. The van der Waals surface area contributed by atoms with Crippen LogP contribution in [0.3, 0.4) is 0 Å². The van der Waals surface area contributed by atoms with Crippen molar-refractivity contribution >= 4 is 0 Å². The number of hydrogen-bond acceptors (Lipinski definition) is 3.